The predicted molar refractivity (Wildman–Crippen MR) is 421 cm³/mol. The molecule has 0 radical (unpaired) electrons. The number of benzene rings is 7. The number of likely N-dealkylation sites (N-methyl/N-ethyl adjacent to an activating group) is 1. The second-order valence-electron chi connectivity index (χ2n) is 29.7. The number of aromatic hydroxyl groups is 3. The molecule has 7 aromatic carbocycles. The molecule has 7 aliphatic rings. The molecule has 11 bridgehead atoms. The first-order chi connectivity index (χ1) is 56.0. The molecule has 0 aliphatic carbocycles. The van der Waals surface area contributed by atoms with Crippen molar-refractivity contribution in [3.63, 3.8) is 0 Å². The number of ether oxygens (including phenoxy) is 7. The lowest BCUT2D eigenvalue weighted by Crippen LogP contribution is -2.65. The van der Waals surface area contributed by atoms with Gasteiger partial charge in [-0.3, -0.25) is 33.6 Å². The van der Waals surface area contributed by atoms with E-state index in [1.165, 1.54) is 19.2 Å². The van der Waals surface area contributed by atoms with Crippen LogP contribution >= 0.6 is 46.4 Å². The number of nitrogens with two attached hydrogens (primary N) is 2. The molecule has 0 spiro atoms. The minimum Gasteiger partial charge on any atom is -0.508 e. The van der Waals surface area contributed by atoms with Crippen LogP contribution in [0, 0.1) is 5.92 Å². The zero-order chi connectivity index (χ0) is 85.2. The number of phenols is 3. The molecule has 0 aromatic heterocycles. The van der Waals surface area contributed by atoms with Crippen LogP contribution in [0.2, 0.25) is 20.1 Å². The first-order valence-corrected chi connectivity index (χ1v) is 38.7. The Morgan fingerprint density at radius 1 is 0.653 bits per heavy atom. The second-order valence-corrected chi connectivity index (χ2v) is 31.3. The molecule has 21 N–H and O–H groups in total. The summed E-state index contributed by atoms with van der Waals surface area (Å²) in [6, 6.07) is 11.8. The number of carbonyl (C=O) groups excluding carboxylic acids is 7. The third-order valence-electron chi connectivity index (χ3n) is 20.8. The highest BCUT2D eigenvalue weighted by atomic mass is 35.5. The molecule has 7 aliphatic heterocycles. The van der Waals surface area contributed by atoms with Gasteiger partial charge < -0.3 is 133 Å². The predicted octanol–water partition coefficient (Wildman–Crippen LogP) is 4.79. The van der Waals surface area contributed by atoms with E-state index in [9.17, 15) is 69.9 Å². The number of phenolic OH excluding ortho intramolecular Hbond substituents is 3. The first kappa shape index (κ1) is 86.9. The minimum atomic E-state index is -2.35. The molecule has 2 fully saturated rings. The minimum absolute atomic E-state index is 0.106. The Labute approximate surface area is 693 Å². The maximum Gasteiger partial charge on any atom is 0.330 e. The summed E-state index contributed by atoms with van der Waals surface area (Å²) in [6.07, 6.45) is -18.2. The van der Waals surface area contributed by atoms with Crippen molar-refractivity contribution in [1.29, 1.82) is 0 Å². The molecule has 18 atom stereocenters. The zero-order valence-corrected chi connectivity index (χ0v) is 66.5. The van der Waals surface area contributed by atoms with Gasteiger partial charge in [-0.2, -0.15) is 0 Å². The topological polar surface area (TPSA) is 532 Å². The molecule has 7 amide bonds. The Kier molecular flexibility index (Phi) is 26.9. The normalized spacial score (nSPS) is 26.8. The van der Waals surface area contributed by atoms with Gasteiger partial charge in [0.25, 0.3) is 0 Å². The van der Waals surface area contributed by atoms with E-state index in [2.05, 4.69) is 42.5 Å². The van der Waals surface area contributed by atoms with Crippen LogP contribution < -0.4 is 72.9 Å². The Balaban J connectivity index is 1.02. The van der Waals surface area contributed by atoms with Crippen molar-refractivity contribution in [3.8, 4) is 62.9 Å². The van der Waals surface area contributed by atoms with E-state index in [-0.39, 0.29) is 65.1 Å². The number of fused-ring (bicyclic) bond motifs is 15. The molecule has 14 rings (SSSR count). The number of primary amides is 1. The maximum absolute atomic E-state index is 16.2. The lowest BCUT2D eigenvalue weighted by Gasteiger charge is -2.48. The smallest absolute Gasteiger partial charge is 0.330 e. The van der Waals surface area contributed by atoms with Crippen molar-refractivity contribution in [1.82, 2.24) is 42.5 Å². The van der Waals surface area contributed by atoms with Gasteiger partial charge in [0.2, 0.25) is 53.4 Å². The fourth-order valence-electron chi connectivity index (χ4n) is 14.5. The monoisotopic (exact) mass is 1710 g/mol. The van der Waals surface area contributed by atoms with E-state index in [4.69, 9.17) is 91.0 Å². The van der Waals surface area contributed by atoms with E-state index < -0.39 is 231 Å². The molecular weight excluding hydrogens is 1630 g/mol. The molecule has 38 heteroatoms. The molecule has 118 heavy (non-hydrogen) atoms. The summed E-state index contributed by atoms with van der Waals surface area (Å²) in [6.45, 7) is 6.79. The van der Waals surface area contributed by atoms with Crippen molar-refractivity contribution in [2.24, 2.45) is 17.4 Å². The summed E-state index contributed by atoms with van der Waals surface area (Å²) in [5, 5.41) is 127. The molecule has 2 saturated heterocycles. The van der Waals surface area contributed by atoms with E-state index in [1.807, 2.05) is 26.0 Å². The van der Waals surface area contributed by atoms with Gasteiger partial charge in [0.1, 0.15) is 102 Å². The molecule has 7 heterocycles. The fraction of sp³-hybridized carbons (Fsp3) is 0.375. The van der Waals surface area contributed by atoms with Gasteiger partial charge in [-0.05, 0) is 145 Å². The van der Waals surface area contributed by atoms with Crippen LogP contribution in [0.15, 0.2) is 121 Å². The number of nitrogens with one attached hydrogen (secondary N) is 8. The SMILES string of the molecule is CN[C@H](CC(C)C)C(=O)N[C@H]1C(=O)N[C@@H](CC(N)=O)C(=O)N[C@H]2C(=O)N[C@H]3C(=O)N[C@H](C(=O)N[C@H](C(=O)O)c4cc(O)cc(O)c4-c4cc3ccc4O)[C@H](O)c3ccc(c(Cl)c3)Oc3cc2cc(c3O[C@@H]2O[C@H](CN)[C@@H](O)[C@H](O)[C@H]2O[C@H]2C[C@](C)(NCc3ccc(OCc4ccc(Cl)c(Cl)c4)cc3)[C@H](O)[C@H](C)O2)Oc2ccc(cc2Cl)[C@H]1O. The summed E-state index contributed by atoms with van der Waals surface area (Å²) >= 11 is 26.7. The third-order valence-corrected chi connectivity index (χ3v) is 22.1. The Morgan fingerprint density at radius 3 is 1.90 bits per heavy atom. The van der Waals surface area contributed by atoms with E-state index in [0.717, 1.165) is 77.9 Å². The van der Waals surface area contributed by atoms with Gasteiger partial charge >= 0.3 is 5.97 Å². The third kappa shape index (κ3) is 19.2. The van der Waals surface area contributed by atoms with Crippen LogP contribution in [0.3, 0.4) is 0 Å². The first-order valence-electron chi connectivity index (χ1n) is 37.2. The van der Waals surface area contributed by atoms with Crippen LogP contribution in [0.1, 0.15) is 116 Å². The maximum atomic E-state index is 16.2. The van der Waals surface area contributed by atoms with Gasteiger partial charge in [-0.1, -0.05) is 96.6 Å². The van der Waals surface area contributed by atoms with Crippen molar-refractivity contribution in [2.45, 2.75) is 169 Å². The molecule has 34 nitrogen and oxygen atoms in total. The standard InChI is InChI=1S/C80H86Cl4N10O24/c1-32(2)18-48(87-5)72(104)93-63-65(99)37-10-16-52(46(83)21-37)114-54-23-39-24-55(69(54)118-79-70(68(102)67(101)56(29-85)116-79)117-58-28-80(4,71(103)33(3)113-58)88-30-34-6-12-41(13-7-34)112-31-35-8-14-44(81)45(82)19-35)115-53-17-11-38(22-47(53)84)66(100)64-77(109)92-62(78(110)111)43-25-40(95)26-51(97)59(43)42-20-36(9-15-50(42)96)60(74(106)94-64)91-75(107)61(39)90-73(105)49(27-57(86)98)89-76(63)108/h6-17,19-26,32-33,48-49,56,58,60-68,70-71,79,87-88,95-97,99-103H,18,27-31,85H2,1-5H3,(H2,86,98)(H,89,108)(H,90,105)(H,91,107)(H,92,109)(H,93,104)(H,94,106)(H,110,111)/t33-,48+,49-,56+,58-,60+,61+,62-,63+,64-,65+,66+,67+,68-,70+,71+,79-,80-/m0/s1. The highest BCUT2D eigenvalue weighted by Crippen LogP contribution is 2.50. The van der Waals surface area contributed by atoms with E-state index in [1.54, 1.807) is 44.2 Å². The van der Waals surface area contributed by atoms with Crippen LogP contribution in [0.5, 0.6) is 51.7 Å². The van der Waals surface area contributed by atoms with Crippen molar-refractivity contribution < 1.29 is 117 Å². The van der Waals surface area contributed by atoms with E-state index in [0.29, 0.717) is 15.8 Å². The number of hydrogen-bond acceptors (Lipinski definition) is 26. The Bertz CT molecular complexity index is 5020. The van der Waals surface area contributed by atoms with Crippen molar-refractivity contribution in [2.75, 3.05) is 13.6 Å². The Hall–Kier alpha value is -10.4. The number of carbonyl (C=O) groups is 8. The number of carboxylic acid groups (broad SMARTS) is 1. The van der Waals surface area contributed by atoms with Crippen LogP contribution in [0.4, 0.5) is 0 Å². The van der Waals surface area contributed by atoms with E-state index >= 15 is 14.4 Å². The van der Waals surface area contributed by atoms with Gasteiger partial charge in [0.05, 0.1) is 44.8 Å². The van der Waals surface area contributed by atoms with Gasteiger partial charge in [0.15, 0.2) is 29.9 Å². The highest BCUT2D eigenvalue weighted by Gasteiger charge is 2.52. The van der Waals surface area contributed by atoms with Gasteiger partial charge in [-0.15, -0.1) is 0 Å². The molecule has 628 valence electrons. The lowest BCUT2D eigenvalue weighted by atomic mass is 9.84. The summed E-state index contributed by atoms with van der Waals surface area (Å²) in [5.74, 6) is -15.4. The largest absolute Gasteiger partial charge is 0.508 e. The van der Waals surface area contributed by atoms with Crippen LogP contribution in [-0.4, -0.2) is 186 Å². The van der Waals surface area contributed by atoms with Crippen LogP contribution in [0.25, 0.3) is 11.1 Å². The highest BCUT2D eigenvalue weighted by molar-refractivity contribution is 6.42. The number of amides is 7. The number of aliphatic hydroxyl groups is 5. The van der Waals surface area contributed by atoms with Gasteiger partial charge in [-0.25, -0.2) is 4.79 Å². The number of aliphatic carboxylic acids is 1. The summed E-state index contributed by atoms with van der Waals surface area (Å²) in [7, 11) is 1.48. The fourth-order valence-corrected chi connectivity index (χ4v) is 15.3. The molecule has 0 saturated carbocycles. The number of halogens is 4. The van der Waals surface area contributed by atoms with Crippen molar-refractivity contribution >= 4 is 93.7 Å². The molecular formula is C80H86Cl4N10O24. The average Bonchev–Trinajstić information content (AvgIpc) is 0.767. The second kappa shape index (κ2) is 36.5. The van der Waals surface area contributed by atoms with Gasteiger partial charge in [0, 0.05) is 47.8 Å². The summed E-state index contributed by atoms with van der Waals surface area (Å²) in [4.78, 5) is 118. The van der Waals surface area contributed by atoms with Crippen molar-refractivity contribution in [3.05, 3.63) is 180 Å². The average molecular weight is 1710 g/mol. The number of rotatable bonds is 19. The summed E-state index contributed by atoms with van der Waals surface area (Å²) < 4.78 is 45.7. The molecule has 0 unspecified atom stereocenters. The Morgan fingerprint density at radius 2 is 1.28 bits per heavy atom. The van der Waals surface area contributed by atoms with Crippen LogP contribution in [-0.2, 0) is 65.7 Å². The lowest BCUT2D eigenvalue weighted by molar-refractivity contribution is -0.331. The number of hydrogen-bond donors (Lipinski definition) is 19. The zero-order valence-electron chi connectivity index (χ0n) is 63.5. The quantitative estimate of drug-likeness (QED) is 0.0517. The number of aliphatic hydroxyl groups excluding tert-OH is 5. The summed E-state index contributed by atoms with van der Waals surface area (Å²) in [5.41, 5.74) is 9.50. The molecule has 7 aromatic rings. The number of carboxylic acids is 1.